The SMILES string of the molecule is CCCNC(C1CCCCC1)C(C)c1ccncc1. The van der Waals surface area contributed by atoms with Crippen molar-refractivity contribution < 1.29 is 0 Å². The first-order valence-electron chi connectivity index (χ1n) is 7.96. The van der Waals surface area contributed by atoms with Gasteiger partial charge in [-0.25, -0.2) is 0 Å². The molecule has 2 heteroatoms. The third-order valence-corrected chi connectivity index (χ3v) is 4.56. The van der Waals surface area contributed by atoms with Crippen LogP contribution in [0.5, 0.6) is 0 Å². The average Bonchev–Trinajstić information content (AvgIpc) is 2.49. The Morgan fingerprint density at radius 3 is 2.53 bits per heavy atom. The molecule has 1 aromatic heterocycles. The molecule has 0 aliphatic heterocycles. The van der Waals surface area contributed by atoms with Crippen LogP contribution < -0.4 is 5.32 Å². The van der Waals surface area contributed by atoms with Crippen molar-refractivity contribution in [3.63, 3.8) is 0 Å². The molecule has 0 radical (unpaired) electrons. The molecule has 0 spiro atoms. The largest absolute Gasteiger partial charge is 0.313 e. The van der Waals surface area contributed by atoms with E-state index >= 15 is 0 Å². The molecule has 0 bridgehead atoms. The Labute approximate surface area is 118 Å². The van der Waals surface area contributed by atoms with E-state index in [4.69, 9.17) is 0 Å². The molecule has 2 nitrogen and oxygen atoms in total. The highest BCUT2D eigenvalue weighted by Gasteiger charge is 2.28. The van der Waals surface area contributed by atoms with Crippen LogP contribution in [0.2, 0.25) is 0 Å². The molecule has 2 atom stereocenters. The lowest BCUT2D eigenvalue weighted by atomic mass is 9.77. The van der Waals surface area contributed by atoms with Gasteiger partial charge in [-0.3, -0.25) is 4.98 Å². The molecule has 1 fully saturated rings. The predicted octanol–water partition coefficient (Wildman–Crippen LogP) is 4.13. The van der Waals surface area contributed by atoms with Gasteiger partial charge < -0.3 is 5.32 Å². The lowest BCUT2D eigenvalue weighted by molar-refractivity contribution is 0.245. The Morgan fingerprint density at radius 1 is 1.21 bits per heavy atom. The van der Waals surface area contributed by atoms with Gasteiger partial charge in [0.2, 0.25) is 0 Å². The first-order chi connectivity index (χ1) is 9.33. The minimum Gasteiger partial charge on any atom is -0.313 e. The molecule has 0 amide bonds. The van der Waals surface area contributed by atoms with Crippen molar-refractivity contribution in [2.75, 3.05) is 6.54 Å². The van der Waals surface area contributed by atoms with E-state index < -0.39 is 0 Å². The molecule has 19 heavy (non-hydrogen) atoms. The Kier molecular flexibility index (Phi) is 5.84. The van der Waals surface area contributed by atoms with Crippen LogP contribution in [0.1, 0.15) is 63.9 Å². The zero-order valence-electron chi connectivity index (χ0n) is 12.4. The summed E-state index contributed by atoms with van der Waals surface area (Å²) in [7, 11) is 0. The second-order valence-electron chi connectivity index (χ2n) is 5.95. The van der Waals surface area contributed by atoms with Gasteiger partial charge in [0.1, 0.15) is 0 Å². The molecule has 1 saturated carbocycles. The summed E-state index contributed by atoms with van der Waals surface area (Å²) in [4.78, 5) is 4.14. The number of pyridine rings is 1. The van der Waals surface area contributed by atoms with E-state index in [1.807, 2.05) is 12.4 Å². The number of nitrogens with one attached hydrogen (secondary N) is 1. The van der Waals surface area contributed by atoms with Crippen molar-refractivity contribution in [3.05, 3.63) is 30.1 Å². The minimum absolute atomic E-state index is 0.581. The number of hydrogen-bond donors (Lipinski definition) is 1. The van der Waals surface area contributed by atoms with Crippen molar-refractivity contribution in [2.45, 2.75) is 64.3 Å². The highest BCUT2D eigenvalue weighted by atomic mass is 14.9. The van der Waals surface area contributed by atoms with Crippen molar-refractivity contribution in [1.29, 1.82) is 0 Å². The molecule has 1 aliphatic rings. The average molecular weight is 260 g/mol. The fourth-order valence-corrected chi connectivity index (χ4v) is 3.43. The number of nitrogens with zero attached hydrogens (tertiary/aromatic N) is 1. The van der Waals surface area contributed by atoms with Crippen molar-refractivity contribution in [2.24, 2.45) is 5.92 Å². The van der Waals surface area contributed by atoms with Gasteiger partial charge in [-0.15, -0.1) is 0 Å². The van der Waals surface area contributed by atoms with E-state index in [0.29, 0.717) is 12.0 Å². The molecular formula is C17H28N2. The fourth-order valence-electron chi connectivity index (χ4n) is 3.43. The molecule has 2 rings (SSSR count). The van der Waals surface area contributed by atoms with Crippen LogP contribution >= 0.6 is 0 Å². The van der Waals surface area contributed by atoms with Crippen LogP contribution in [0.3, 0.4) is 0 Å². The lowest BCUT2D eigenvalue weighted by Gasteiger charge is -2.35. The van der Waals surface area contributed by atoms with E-state index in [1.54, 1.807) is 0 Å². The Hall–Kier alpha value is -0.890. The van der Waals surface area contributed by atoms with Crippen LogP contribution in [0.25, 0.3) is 0 Å². The Balaban J connectivity index is 2.07. The van der Waals surface area contributed by atoms with Gasteiger partial charge in [0.15, 0.2) is 0 Å². The van der Waals surface area contributed by atoms with Crippen LogP contribution in [-0.4, -0.2) is 17.6 Å². The van der Waals surface area contributed by atoms with Gasteiger partial charge in [-0.1, -0.05) is 33.1 Å². The van der Waals surface area contributed by atoms with E-state index in [1.165, 1.54) is 44.1 Å². The minimum atomic E-state index is 0.581. The zero-order valence-corrected chi connectivity index (χ0v) is 12.4. The fraction of sp³-hybridized carbons (Fsp3) is 0.706. The third kappa shape index (κ3) is 4.04. The maximum Gasteiger partial charge on any atom is 0.0270 e. The van der Waals surface area contributed by atoms with Crippen LogP contribution in [0.4, 0.5) is 0 Å². The zero-order chi connectivity index (χ0) is 13.5. The van der Waals surface area contributed by atoms with Gasteiger partial charge >= 0.3 is 0 Å². The normalized spacial score (nSPS) is 20.1. The number of aromatic nitrogens is 1. The molecule has 106 valence electrons. The van der Waals surface area contributed by atoms with Crippen molar-refractivity contribution >= 4 is 0 Å². The van der Waals surface area contributed by atoms with Gasteiger partial charge in [0.05, 0.1) is 0 Å². The third-order valence-electron chi connectivity index (χ3n) is 4.56. The van der Waals surface area contributed by atoms with E-state index in [9.17, 15) is 0 Å². The Morgan fingerprint density at radius 2 is 1.89 bits per heavy atom. The quantitative estimate of drug-likeness (QED) is 0.831. The topological polar surface area (TPSA) is 24.9 Å². The first kappa shape index (κ1) is 14.5. The molecule has 0 aromatic carbocycles. The van der Waals surface area contributed by atoms with Crippen LogP contribution in [0.15, 0.2) is 24.5 Å². The summed E-state index contributed by atoms with van der Waals surface area (Å²) in [5.74, 6) is 1.43. The molecule has 1 heterocycles. The monoisotopic (exact) mass is 260 g/mol. The molecule has 1 N–H and O–H groups in total. The Bertz CT molecular complexity index is 344. The summed E-state index contributed by atoms with van der Waals surface area (Å²) in [5.41, 5.74) is 1.43. The summed E-state index contributed by atoms with van der Waals surface area (Å²) in [5, 5.41) is 3.82. The van der Waals surface area contributed by atoms with Crippen LogP contribution in [-0.2, 0) is 0 Å². The first-order valence-corrected chi connectivity index (χ1v) is 7.96. The highest BCUT2D eigenvalue weighted by molar-refractivity contribution is 5.17. The summed E-state index contributed by atoms with van der Waals surface area (Å²) in [6.45, 7) is 5.76. The van der Waals surface area contributed by atoms with Gasteiger partial charge in [-0.05, 0) is 55.3 Å². The van der Waals surface area contributed by atoms with Gasteiger partial charge in [0.25, 0.3) is 0 Å². The van der Waals surface area contributed by atoms with Gasteiger partial charge in [0, 0.05) is 18.4 Å². The van der Waals surface area contributed by atoms with E-state index in [0.717, 1.165) is 12.5 Å². The maximum absolute atomic E-state index is 4.14. The predicted molar refractivity (Wildman–Crippen MR) is 81.3 cm³/mol. The highest BCUT2D eigenvalue weighted by Crippen LogP contribution is 2.33. The summed E-state index contributed by atoms with van der Waals surface area (Å²) in [6.07, 6.45) is 12.1. The summed E-state index contributed by atoms with van der Waals surface area (Å²) >= 11 is 0. The number of hydrogen-bond acceptors (Lipinski definition) is 2. The molecule has 2 unspecified atom stereocenters. The van der Waals surface area contributed by atoms with Gasteiger partial charge in [-0.2, -0.15) is 0 Å². The summed E-state index contributed by atoms with van der Waals surface area (Å²) < 4.78 is 0. The van der Waals surface area contributed by atoms with E-state index in [2.05, 4.69) is 36.3 Å². The van der Waals surface area contributed by atoms with Crippen LogP contribution in [0, 0.1) is 5.92 Å². The second kappa shape index (κ2) is 7.64. The van der Waals surface area contributed by atoms with E-state index in [-0.39, 0.29) is 0 Å². The van der Waals surface area contributed by atoms with Crippen molar-refractivity contribution in [1.82, 2.24) is 10.3 Å². The van der Waals surface area contributed by atoms with Crippen molar-refractivity contribution in [3.8, 4) is 0 Å². The summed E-state index contributed by atoms with van der Waals surface area (Å²) in [6, 6.07) is 4.98. The molecule has 1 aliphatic carbocycles. The second-order valence-corrected chi connectivity index (χ2v) is 5.95. The standard InChI is InChI=1S/C17H28N2/c1-3-11-19-17(16-7-5-4-6-8-16)14(2)15-9-12-18-13-10-15/h9-10,12-14,16-17,19H,3-8,11H2,1-2H3. The number of rotatable bonds is 6. The lowest BCUT2D eigenvalue weighted by Crippen LogP contribution is -2.41. The smallest absolute Gasteiger partial charge is 0.0270 e. The molecule has 1 aromatic rings. The molecular weight excluding hydrogens is 232 g/mol. The maximum atomic E-state index is 4.14. The molecule has 0 saturated heterocycles.